The van der Waals surface area contributed by atoms with E-state index in [1.54, 1.807) is 18.2 Å². The number of nitrogens with zero attached hydrogens (tertiary/aromatic N) is 1. The lowest BCUT2D eigenvalue weighted by molar-refractivity contribution is 0.332. The molecule has 0 unspecified atom stereocenters. The Labute approximate surface area is 159 Å². The topological polar surface area (TPSA) is 69.4 Å². The first kappa shape index (κ1) is 19.3. The third-order valence-electron chi connectivity index (χ3n) is 3.93. The summed E-state index contributed by atoms with van der Waals surface area (Å²) in [5.41, 5.74) is 1.21. The van der Waals surface area contributed by atoms with Gasteiger partial charge in [0, 0.05) is 11.8 Å². The minimum absolute atomic E-state index is 0.108. The SMILES string of the molecule is COc1ccc(-c2noc(CF)c2-c2ccc(S(C)(=O)=O)c(F)c2)cc1Cl. The van der Waals surface area contributed by atoms with Crippen molar-refractivity contribution in [1.29, 1.82) is 0 Å². The van der Waals surface area contributed by atoms with Crippen molar-refractivity contribution in [2.75, 3.05) is 13.4 Å². The number of aromatic nitrogens is 1. The standard InChI is InChI=1S/C18H14ClF2NO4S/c1-25-14-5-3-11(7-12(14)19)18-17(15(9-20)26-22-18)10-4-6-16(13(21)8-10)27(2,23)24/h3-8H,9H2,1-2H3. The molecular formula is C18H14ClF2NO4S. The van der Waals surface area contributed by atoms with Crippen molar-refractivity contribution in [1.82, 2.24) is 5.16 Å². The summed E-state index contributed by atoms with van der Waals surface area (Å²) in [7, 11) is -2.26. The van der Waals surface area contributed by atoms with Gasteiger partial charge in [0.15, 0.2) is 22.3 Å². The van der Waals surface area contributed by atoms with E-state index in [4.69, 9.17) is 20.9 Å². The van der Waals surface area contributed by atoms with Crippen LogP contribution in [-0.4, -0.2) is 26.9 Å². The number of hydrogen-bond acceptors (Lipinski definition) is 5. The number of sulfone groups is 1. The monoisotopic (exact) mass is 413 g/mol. The largest absolute Gasteiger partial charge is 0.495 e. The minimum Gasteiger partial charge on any atom is -0.495 e. The van der Waals surface area contributed by atoms with Gasteiger partial charge in [-0.3, -0.25) is 0 Å². The van der Waals surface area contributed by atoms with Crippen molar-refractivity contribution in [2.24, 2.45) is 0 Å². The molecule has 1 aromatic heterocycles. The third-order valence-corrected chi connectivity index (χ3v) is 5.35. The van der Waals surface area contributed by atoms with Crippen LogP contribution in [0, 0.1) is 5.82 Å². The highest BCUT2D eigenvalue weighted by Gasteiger charge is 2.22. The van der Waals surface area contributed by atoms with Gasteiger partial charge in [0.1, 0.15) is 22.2 Å². The molecule has 2 aromatic carbocycles. The van der Waals surface area contributed by atoms with Crippen molar-refractivity contribution in [3.05, 3.63) is 53.0 Å². The minimum atomic E-state index is -3.73. The second kappa shape index (κ2) is 7.28. The van der Waals surface area contributed by atoms with Crippen LogP contribution in [0.3, 0.4) is 0 Å². The number of benzene rings is 2. The molecule has 0 bridgehead atoms. The molecule has 0 saturated heterocycles. The molecule has 0 spiro atoms. The summed E-state index contributed by atoms with van der Waals surface area (Å²) in [5.74, 6) is -0.608. The van der Waals surface area contributed by atoms with Crippen molar-refractivity contribution >= 4 is 21.4 Å². The molecule has 0 amide bonds. The average molecular weight is 414 g/mol. The molecule has 0 fully saturated rings. The van der Waals surface area contributed by atoms with Crippen molar-refractivity contribution < 1.29 is 26.5 Å². The van der Waals surface area contributed by atoms with Gasteiger partial charge in [-0.1, -0.05) is 22.8 Å². The van der Waals surface area contributed by atoms with Crippen LogP contribution in [0.2, 0.25) is 5.02 Å². The summed E-state index contributed by atoms with van der Waals surface area (Å²) in [5, 5.41) is 4.19. The normalized spacial score (nSPS) is 11.6. The van der Waals surface area contributed by atoms with Gasteiger partial charge in [-0.25, -0.2) is 17.2 Å². The smallest absolute Gasteiger partial charge is 0.178 e. The Morgan fingerprint density at radius 2 is 1.89 bits per heavy atom. The van der Waals surface area contributed by atoms with Gasteiger partial charge in [-0.05, 0) is 35.9 Å². The molecule has 0 aliphatic carbocycles. The van der Waals surface area contributed by atoms with E-state index in [9.17, 15) is 17.2 Å². The molecule has 0 N–H and O–H groups in total. The second-order valence-corrected chi connectivity index (χ2v) is 8.12. The molecule has 1 heterocycles. The van der Waals surface area contributed by atoms with E-state index in [2.05, 4.69) is 5.16 Å². The maximum atomic E-state index is 14.3. The Hall–Kier alpha value is -2.45. The Kier molecular flexibility index (Phi) is 5.21. The van der Waals surface area contributed by atoms with Crippen LogP contribution in [0.25, 0.3) is 22.4 Å². The zero-order valence-corrected chi connectivity index (χ0v) is 15.9. The first-order chi connectivity index (χ1) is 12.8. The molecule has 9 heteroatoms. The predicted octanol–water partition coefficient (Wildman–Crippen LogP) is 4.68. The summed E-state index contributed by atoms with van der Waals surface area (Å²) in [6, 6.07) is 8.33. The highest BCUT2D eigenvalue weighted by atomic mass is 35.5. The number of rotatable bonds is 5. The van der Waals surface area contributed by atoms with Crippen LogP contribution in [0.4, 0.5) is 8.78 Å². The van der Waals surface area contributed by atoms with Crippen molar-refractivity contribution in [3.8, 4) is 28.1 Å². The van der Waals surface area contributed by atoms with Crippen LogP contribution in [0.15, 0.2) is 45.8 Å². The molecule has 0 radical (unpaired) electrons. The van der Waals surface area contributed by atoms with Gasteiger partial charge in [0.25, 0.3) is 0 Å². The van der Waals surface area contributed by atoms with Crippen LogP contribution in [0.5, 0.6) is 5.75 Å². The van der Waals surface area contributed by atoms with E-state index < -0.39 is 27.2 Å². The number of halogens is 3. The van der Waals surface area contributed by atoms with Gasteiger partial charge >= 0.3 is 0 Å². The van der Waals surface area contributed by atoms with Crippen LogP contribution in [0.1, 0.15) is 5.76 Å². The molecule has 3 rings (SSSR count). The lowest BCUT2D eigenvalue weighted by Gasteiger charge is -2.08. The molecule has 0 atom stereocenters. The molecule has 0 saturated carbocycles. The van der Waals surface area contributed by atoms with E-state index >= 15 is 0 Å². The van der Waals surface area contributed by atoms with Crippen LogP contribution >= 0.6 is 11.6 Å². The fraction of sp³-hybridized carbons (Fsp3) is 0.167. The first-order valence-electron chi connectivity index (χ1n) is 7.64. The third kappa shape index (κ3) is 3.68. The average Bonchev–Trinajstić information content (AvgIpc) is 3.04. The summed E-state index contributed by atoms with van der Waals surface area (Å²) >= 11 is 6.13. The zero-order valence-electron chi connectivity index (χ0n) is 14.3. The summed E-state index contributed by atoms with van der Waals surface area (Å²) < 4.78 is 61.1. The highest BCUT2D eigenvalue weighted by molar-refractivity contribution is 7.90. The van der Waals surface area contributed by atoms with E-state index in [-0.39, 0.29) is 22.6 Å². The first-order valence-corrected chi connectivity index (χ1v) is 9.91. The Balaban J connectivity index is 2.18. The van der Waals surface area contributed by atoms with E-state index in [1.807, 2.05) is 0 Å². The fourth-order valence-corrected chi connectivity index (χ4v) is 3.67. The van der Waals surface area contributed by atoms with E-state index in [1.165, 1.54) is 13.2 Å². The van der Waals surface area contributed by atoms with Crippen molar-refractivity contribution in [2.45, 2.75) is 11.6 Å². The van der Waals surface area contributed by atoms with E-state index in [0.717, 1.165) is 18.4 Å². The quantitative estimate of drug-likeness (QED) is 0.607. The molecule has 3 aromatic rings. The molecular weight excluding hydrogens is 400 g/mol. The Morgan fingerprint density at radius 1 is 1.19 bits per heavy atom. The predicted molar refractivity (Wildman–Crippen MR) is 96.8 cm³/mol. The van der Waals surface area contributed by atoms with Crippen molar-refractivity contribution in [3.63, 3.8) is 0 Å². The summed E-state index contributed by atoms with van der Waals surface area (Å²) in [6.07, 6.45) is 0.905. The molecule has 5 nitrogen and oxygen atoms in total. The molecule has 142 valence electrons. The van der Waals surface area contributed by atoms with Gasteiger partial charge in [-0.15, -0.1) is 0 Å². The number of ether oxygens (including phenoxy) is 1. The maximum absolute atomic E-state index is 14.3. The number of alkyl halides is 1. The number of methoxy groups -OCH3 is 1. The maximum Gasteiger partial charge on any atom is 0.178 e. The van der Waals surface area contributed by atoms with Gasteiger partial charge in [-0.2, -0.15) is 0 Å². The fourth-order valence-electron chi connectivity index (χ4n) is 2.68. The van der Waals surface area contributed by atoms with Gasteiger partial charge < -0.3 is 9.26 Å². The highest BCUT2D eigenvalue weighted by Crippen LogP contribution is 2.38. The lowest BCUT2D eigenvalue weighted by Crippen LogP contribution is -2.01. The zero-order chi connectivity index (χ0) is 19.8. The van der Waals surface area contributed by atoms with Gasteiger partial charge in [0.2, 0.25) is 0 Å². The Bertz CT molecular complexity index is 1110. The van der Waals surface area contributed by atoms with Crippen LogP contribution in [-0.2, 0) is 16.5 Å². The molecule has 0 aliphatic rings. The van der Waals surface area contributed by atoms with E-state index in [0.29, 0.717) is 16.3 Å². The molecule has 27 heavy (non-hydrogen) atoms. The van der Waals surface area contributed by atoms with Gasteiger partial charge in [0.05, 0.1) is 17.7 Å². The lowest BCUT2D eigenvalue weighted by atomic mass is 9.99. The Morgan fingerprint density at radius 3 is 2.44 bits per heavy atom. The molecule has 0 aliphatic heterocycles. The summed E-state index contributed by atoms with van der Waals surface area (Å²) in [4.78, 5) is -0.446. The second-order valence-electron chi connectivity index (χ2n) is 5.73. The summed E-state index contributed by atoms with van der Waals surface area (Å²) in [6.45, 7) is -0.971. The van der Waals surface area contributed by atoms with Crippen LogP contribution < -0.4 is 4.74 Å². The number of hydrogen-bond donors (Lipinski definition) is 0.